The minimum Gasteiger partial charge on any atom is -0.389 e. The summed E-state index contributed by atoms with van der Waals surface area (Å²) < 4.78 is 0. The highest BCUT2D eigenvalue weighted by Gasteiger charge is 2.51. The highest BCUT2D eigenvalue weighted by molar-refractivity contribution is 7.99. The van der Waals surface area contributed by atoms with E-state index >= 15 is 0 Å². The van der Waals surface area contributed by atoms with Crippen molar-refractivity contribution in [3.05, 3.63) is 29.8 Å². The molecule has 2 aliphatic rings. The second-order valence-corrected chi connectivity index (χ2v) is 10.7. The Bertz CT molecular complexity index is 654. The van der Waals surface area contributed by atoms with Gasteiger partial charge in [0, 0.05) is 18.0 Å². The molecule has 0 radical (unpaired) electrons. The lowest BCUT2D eigenvalue weighted by Gasteiger charge is -2.40. The molecule has 2 fully saturated rings. The highest BCUT2D eigenvalue weighted by atomic mass is 32.2. The number of hydrogen-bond acceptors (Lipinski definition) is 3. The number of benzene rings is 1. The van der Waals surface area contributed by atoms with E-state index in [0.717, 1.165) is 62.3 Å². The van der Waals surface area contributed by atoms with E-state index in [2.05, 4.69) is 52.0 Å². The summed E-state index contributed by atoms with van der Waals surface area (Å²) in [7, 11) is 0. The Hall–Kier alpha value is -1.00. The maximum absolute atomic E-state index is 13.3. The molecule has 1 heterocycles. The second kappa shape index (κ2) is 7.79. The highest BCUT2D eigenvalue weighted by Crippen LogP contribution is 2.49. The SMILES string of the molecule is CCCSC[C@]1(O)CC[C@]2(CCN(c3ccc(C(C)(C)C)cc3)C2=O)CC1. The van der Waals surface area contributed by atoms with Crippen LogP contribution >= 0.6 is 11.8 Å². The number of carbonyl (C=O) groups excluding carboxylic acids is 1. The molecule has 3 rings (SSSR count). The van der Waals surface area contributed by atoms with Gasteiger partial charge in [0.15, 0.2) is 0 Å². The van der Waals surface area contributed by atoms with E-state index in [4.69, 9.17) is 0 Å². The predicted octanol–water partition coefficient (Wildman–Crippen LogP) is 5.16. The first-order valence-corrected chi connectivity index (χ1v) is 11.6. The van der Waals surface area contributed by atoms with Crippen molar-refractivity contribution in [2.24, 2.45) is 5.41 Å². The van der Waals surface area contributed by atoms with Crippen molar-refractivity contribution in [2.45, 2.75) is 77.2 Å². The summed E-state index contributed by atoms with van der Waals surface area (Å²) in [5, 5.41) is 10.9. The van der Waals surface area contributed by atoms with E-state index in [-0.39, 0.29) is 16.7 Å². The number of anilines is 1. The van der Waals surface area contributed by atoms with Crippen LogP contribution in [0.1, 0.15) is 71.8 Å². The molecule has 1 aromatic carbocycles. The first-order chi connectivity index (χ1) is 12.7. The van der Waals surface area contributed by atoms with E-state index in [0.29, 0.717) is 0 Å². The van der Waals surface area contributed by atoms with Gasteiger partial charge >= 0.3 is 0 Å². The monoisotopic (exact) mass is 389 g/mol. The third-order valence-corrected chi connectivity index (χ3v) is 7.85. The lowest BCUT2D eigenvalue weighted by atomic mass is 9.68. The number of nitrogens with zero attached hydrogens (tertiary/aromatic N) is 1. The molecule has 0 unspecified atom stereocenters. The molecule has 0 aromatic heterocycles. The topological polar surface area (TPSA) is 40.5 Å². The van der Waals surface area contributed by atoms with Gasteiger partial charge in [-0.15, -0.1) is 0 Å². The summed E-state index contributed by atoms with van der Waals surface area (Å²) in [6.07, 6.45) is 5.23. The molecule has 3 nitrogen and oxygen atoms in total. The van der Waals surface area contributed by atoms with E-state index in [9.17, 15) is 9.90 Å². The van der Waals surface area contributed by atoms with Crippen LogP contribution in [0.4, 0.5) is 5.69 Å². The maximum Gasteiger partial charge on any atom is 0.233 e. The zero-order valence-electron chi connectivity index (χ0n) is 17.4. The quantitative estimate of drug-likeness (QED) is 0.708. The molecule has 1 saturated carbocycles. The largest absolute Gasteiger partial charge is 0.389 e. The van der Waals surface area contributed by atoms with Gasteiger partial charge in [-0.1, -0.05) is 39.8 Å². The number of aliphatic hydroxyl groups is 1. The van der Waals surface area contributed by atoms with Crippen LogP contribution in [0, 0.1) is 5.41 Å². The van der Waals surface area contributed by atoms with Gasteiger partial charge in [-0.05, 0) is 67.4 Å². The predicted molar refractivity (Wildman–Crippen MR) is 116 cm³/mol. The number of hydrogen-bond donors (Lipinski definition) is 1. The van der Waals surface area contributed by atoms with Crippen molar-refractivity contribution in [1.29, 1.82) is 0 Å². The third-order valence-electron chi connectivity index (χ3n) is 6.41. The van der Waals surface area contributed by atoms with Crippen LogP contribution in [0.2, 0.25) is 0 Å². The van der Waals surface area contributed by atoms with Crippen LogP contribution in [0.5, 0.6) is 0 Å². The van der Waals surface area contributed by atoms with Crippen molar-refractivity contribution >= 4 is 23.4 Å². The lowest BCUT2D eigenvalue weighted by molar-refractivity contribution is -0.130. The first-order valence-electron chi connectivity index (χ1n) is 10.4. The van der Waals surface area contributed by atoms with Crippen LogP contribution in [-0.2, 0) is 10.2 Å². The normalized spacial score (nSPS) is 28.9. The minimum atomic E-state index is -0.576. The fraction of sp³-hybridized carbons (Fsp3) is 0.696. The van der Waals surface area contributed by atoms with Crippen LogP contribution in [0.25, 0.3) is 0 Å². The summed E-state index contributed by atoms with van der Waals surface area (Å²) in [5.74, 6) is 2.18. The molecule has 150 valence electrons. The van der Waals surface area contributed by atoms with E-state index in [1.807, 2.05) is 16.7 Å². The molecule has 4 heteroatoms. The lowest BCUT2D eigenvalue weighted by Crippen LogP contribution is -2.44. The Kier molecular flexibility index (Phi) is 5.98. The van der Waals surface area contributed by atoms with Gasteiger partial charge in [-0.2, -0.15) is 11.8 Å². The summed E-state index contributed by atoms with van der Waals surface area (Å²) in [5.41, 5.74) is 1.61. The summed E-state index contributed by atoms with van der Waals surface area (Å²) >= 11 is 1.85. The van der Waals surface area contributed by atoms with Gasteiger partial charge < -0.3 is 10.0 Å². The molecule has 0 atom stereocenters. The molecule has 1 N–H and O–H groups in total. The van der Waals surface area contributed by atoms with Crippen LogP contribution < -0.4 is 4.90 Å². The Morgan fingerprint density at radius 2 is 1.70 bits per heavy atom. The molecule has 1 saturated heterocycles. The van der Waals surface area contributed by atoms with Crippen LogP contribution in [0.3, 0.4) is 0 Å². The van der Waals surface area contributed by atoms with Crippen molar-refractivity contribution in [3.8, 4) is 0 Å². The molecule has 1 spiro atoms. The van der Waals surface area contributed by atoms with Gasteiger partial charge in [-0.3, -0.25) is 4.79 Å². The van der Waals surface area contributed by atoms with Gasteiger partial charge in [0.1, 0.15) is 0 Å². The van der Waals surface area contributed by atoms with E-state index < -0.39 is 5.60 Å². The molecule has 0 bridgehead atoms. The van der Waals surface area contributed by atoms with E-state index in [1.54, 1.807) is 0 Å². The fourth-order valence-electron chi connectivity index (χ4n) is 4.42. The van der Waals surface area contributed by atoms with Crippen LogP contribution in [0.15, 0.2) is 24.3 Å². The smallest absolute Gasteiger partial charge is 0.233 e. The van der Waals surface area contributed by atoms with Crippen molar-refractivity contribution in [3.63, 3.8) is 0 Å². The Labute approximate surface area is 168 Å². The van der Waals surface area contributed by atoms with Crippen molar-refractivity contribution < 1.29 is 9.90 Å². The summed E-state index contributed by atoms with van der Waals surface area (Å²) in [6, 6.07) is 8.49. The zero-order chi connectivity index (χ0) is 19.7. The number of carbonyl (C=O) groups is 1. The number of thioether (sulfide) groups is 1. The molecule has 1 aliphatic heterocycles. The van der Waals surface area contributed by atoms with Gasteiger partial charge in [0.25, 0.3) is 0 Å². The molecule has 27 heavy (non-hydrogen) atoms. The van der Waals surface area contributed by atoms with E-state index in [1.165, 1.54) is 5.56 Å². The molecule has 1 aromatic rings. The minimum absolute atomic E-state index is 0.123. The van der Waals surface area contributed by atoms with Crippen molar-refractivity contribution in [1.82, 2.24) is 0 Å². The first kappa shape index (κ1) is 20.7. The van der Waals surface area contributed by atoms with Gasteiger partial charge in [0.05, 0.1) is 11.0 Å². The Morgan fingerprint density at radius 1 is 1.07 bits per heavy atom. The second-order valence-electron chi connectivity index (χ2n) is 9.56. The standard InChI is InChI=1S/C23H35NO2S/c1-5-16-27-17-23(26)12-10-22(11-13-23)14-15-24(20(22)25)19-8-6-18(7-9-19)21(2,3)4/h6-9,26H,5,10-17H2,1-4H3/t22-,23+. The Balaban J connectivity index is 1.65. The van der Waals surface area contributed by atoms with Crippen molar-refractivity contribution in [2.75, 3.05) is 23.0 Å². The number of amides is 1. The summed E-state index contributed by atoms with van der Waals surface area (Å²) in [6.45, 7) is 9.60. The molecular formula is C23H35NO2S. The van der Waals surface area contributed by atoms with Crippen LogP contribution in [-0.4, -0.2) is 34.7 Å². The average Bonchev–Trinajstić information content (AvgIpc) is 2.94. The zero-order valence-corrected chi connectivity index (χ0v) is 18.2. The maximum atomic E-state index is 13.3. The molecule has 1 aliphatic carbocycles. The average molecular weight is 390 g/mol. The number of rotatable bonds is 5. The molecular weight excluding hydrogens is 354 g/mol. The van der Waals surface area contributed by atoms with Gasteiger partial charge in [0.2, 0.25) is 5.91 Å². The van der Waals surface area contributed by atoms with Gasteiger partial charge in [-0.25, -0.2) is 0 Å². The summed E-state index contributed by atoms with van der Waals surface area (Å²) in [4.78, 5) is 15.2. The third kappa shape index (κ3) is 4.37. The fourth-order valence-corrected chi connectivity index (χ4v) is 5.52. The molecule has 1 amide bonds. The Morgan fingerprint density at radius 3 is 2.26 bits per heavy atom.